The molecule has 0 amide bonds. The summed E-state index contributed by atoms with van der Waals surface area (Å²) in [7, 11) is 0. The van der Waals surface area contributed by atoms with Crippen molar-refractivity contribution in [3.8, 4) is 11.5 Å². The van der Waals surface area contributed by atoms with Crippen molar-refractivity contribution in [2.45, 2.75) is 0 Å². The van der Waals surface area contributed by atoms with Crippen LogP contribution in [0.4, 0.5) is 11.4 Å². The van der Waals surface area contributed by atoms with Gasteiger partial charge in [0.25, 0.3) is 11.4 Å². The number of hydrogen-bond acceptors (Lipinski definition) is 5. The van der Waals surface area contributed by atoms with E-state index in [1.807, 2.05) is 36.4 Å². The van der Waals surface area contributed by atoms with Gasteiger partial charge in [0.2, 0.25) is 0 Å². The van der Waals surface area contributed by atoms with Crippen molar-refractivity contribution in [2.24, 2.45) is 0 Å². The normalized spacial score (nSPS) is 12.0. The monoisotopic (exact) mass is 334 g/mol. The highest BCUT2D eigenvalue weighted by Crippen LogP contribution is 2.42. The van der Waals surface area contributed by atoms with Gasteiger partial charge in [-0.15, -0.1) is 0 Å². The van der Waals surface area contributed by atoms with Crippen molar-refractivity contribution in [3.05, 3.63) is 79.9 Å². The maximum Gasteiger partial charge on any atom is 0.287 e. The van der Waals surface area contributed by atoms with Gasteiger partial charge in [-0.1, -0.05) is 30.3 Å². The molecule has 0 fully saturated rings. The van der Waals surface area contributed by atoms with Crippen LogP contribution in [0.5, 0.6) is 11.5 Å². The molecule has 7 heteroatoms. The molecule has 1 aliphatic heterocycles. The van der Waals surface area contributed by atoms with Crippen LogP contribution in [0.15, 0.2) is 48.5 Å². The fraction of sp³-hybridized carbons (Fsp3) is 0. The fourth-order valence-corrected chi connectivity index (χ4v) is 2.85. The largest absolute Gasteiger partial charge is 0.456 e. The highest BCUT2D eigenvalue weighted by Gasteiger charge is 2.25. The van der Waals surface area contributed by atoms with Crippen molar-refractivity contribution in [1.29, 1.82) is 0 Å². The lowest BCUT2D eigenvalue weighted by Gasteiger charge is -2.10. The molecule has 4 rings (SSSR count). The average molecular weight is 334 g/mol. The van der Waals surface area contributed by atoms with E-state index in [4.69, 9.17) is 4.74 Å². The Balaban J connectivity index is 1.95. The van der Waals surface area contributed by atoms with E-state index in [2.05, 4.69) is 0 Å². The van der Waals surface area contributed by atoms with Crippen LogP contribution in [-0.4, -0.2) is 9.85 Å². The number of nitro benzene ring substituents is 2. The zero-order valence-corrected chi connectivity index (χ0v) is 12.7. The topological polar surface area (TPSA) is 95.5 Å². The first-order valence-corrected chi connectivity index (χ1v) is 7.38. The van der Waals surface area contributed by atoms with Gasteiger partial charge in [-0.3, -0.25) is 20.2 Å². The Hall–Kier alpha value is -3.74. The van der Waals surface area contributed by atoms with Crippen molar-refractivity contribution in [1.82, 2.24) is 0 Å². The van der Waals surface area contributed by atoms with Gasteiger partial charge in [-0.2, -0.15) is 0 Å². The lowest BCUT2D eigenvalue weighted by atomic mass is 10.1. The SMILES string of the molecule is O=[N+]([O-])c1cc2c(c([N+](=O)[O-])c1)C=Cc1cc3ccccc3cc1O2. The number of nitrogens with zero attached hydrogens (tertiary/aromatic N) is 2. The molecule has 0 atom stereocenters. The van der Waals surface area contributed by atoms with Crippen molar-refractivity contribution >= 4 is 34.3 Å². The van der Waals surface area contributed by atoms with E-state index >= 15 is 0 Å². The Bertz CT molecular complexity index is 1090. The number of ether oxygens (including phenoxy) is 1. The number of hydrogen-bond donors (Lipinski definition) is 0. The number of rotatable bonds is 2. The number of benzene rings is 3. The molecule has 7 nitrogen and oxygen atoms in total. The predicted molar refractivity (Wildman–Crippen MR) is 92.7 cm³/mol. The number of non-ortho nitro benzene ring substituents is 1. The summed E-state index contributed by atoms with van der Waals surface area (Å²) >= 11 is 0. The van der Waals surface area contributed by atoms with E-state index in [0.717, 1.165) is 22.4 Å². The van der Waals surface area contributed by atoms with Crippen LogP contribution >= 0.6 is 0 Å². The maximum absolute atomic E-state index is 11.3. The van der Waals surface area contributed by atoms with Gasteiger partial charge in [-0.25, -0.2) is 0 Å². The van der Waals surface area contributed by atoms with Crippen LogP contribution in [0.2, 0.25) is 0 Å². The minimum absolute atomic E-state index is 0.0891. The van der Waals surface area contributed by atoms with Crippen LogP contribution in [0.25, 0.3) is 22.9 Å². The van der Waals surface area contributed by atoms with Crippen LogP contribution < -0.4 is 4.74 Å². The Kier molecular flexibility index (Phi) is 3.21. The summed E-state index contributed by atoms with van der Waals surface area (Å²) in [5.74, 6) is 0.578. The van der Waals surface area contributed by atoms with Crippen molar-refractivity contribution in [3.63, 3.8) is 0 Å². The van der Waals surface area contributed by atoms with E-state index in [9.17, 15) is 20.2 Å². The van der Waals surface area contributed by atoms with E-state index in [-0.39, 0.29) is 22.7 Å². The third-order valence-electron chi connectivity index (χ3n) is 4.04. The second-order valence-corrected chi connectivity index (χ2v) is 5.56. The third-order valence-corrected chi connectivity index (χ3v) is 4.04. The first-order valence-electron chi connectivity index (χ1n) is 7.38. The van der Waals surface area contributed by atoms with Gasteiger partial charge >= 0.3 is 0 Å². The smallest absolute Gasteiger partial charge is 0.287 e. The predicted octanol–water partition coefficient (Wildman–Crippen LogP) is 4.93. The summed E-state index contributed by atoms with van der Waals surface area (Å²) in [5, 5.41) is 24.3. The molecular formula is C18H10N2O5. The quantitative estimate of drug-likeness (QED) is 0.382. The van der Waals surface area contributed by atoms with Gasteiger partial charge in [0.15, 0.2) is 0 Å². The van der Waals surface area contributed by atoms with Crippen LogP contribution in [0.1, 0.15) is 11.1 Å². The summed E-state index contributed by atoms with van der Waals surface area (Å²) in [6, 6.07) is 13.6. The van der Waals surface area contributed by atoms with Gasteiger partial charge in [-0.05, 0) is 29.0 Å². The Morgan fingerprint density at radius 3 is 2.20 bits per heavy atom. The molecule has 0 unspecified atom stereocenters. The third kappa shape index (κ3) is 2.47. The number of nitro groups is 2. The molecule has 0 aliphatic carbocycles. The lowest BCUT2D eigenvalue weighted by molar-refractivity contribution is -0.394. The van der Waals surface area contributed by atoms with Crippen molar-refractivity contribution < 1.29 is 14.6 Å². The molecular weight excluding hydrogens is 324 g/mol. The number of fused-ring (bicyclic) bond motifs is 3. The van der Waals surface area contributed by atoms with E-state index in [0.29, 0.717) is 5.75 Å². The molecule has 122 valence electrons. The van der Waals surface area contributed by atoms with Gasteiger partial charge in [0, 0.05) is 5.56 Å². The first kappa shape index (κ1) is 14.8. The van der Waals surface area contributed by atoms with E-state index in [1.165, 1.54) is 6.07 Å². The molecule has 3 aromatic rings. The Morgan fingerprint density at radius 1 is 0.800 bits per heavy atom. The molecule has 3 aromatic carbocycles. The molecule has 0 radical (unpaired) electrons. The van der Waals surface area contributed by atoms with Gasteiger partial charge < -0.3 is 4.74 Å². The molecule has 0 N–H and O–H groups in total. The summed E-state index contributed by atoms with van der Waals surface area (Å²) in [6.45, 7) is 0. The Labute approximate surface area is 141 Å². The molecule has 0 saturated carbocycles. The maximum atomic E-state index is 11.3. The second-order valence-electron chi connectivity index (χ2n) is 5.56. The second kappa shape index (κ2) is 5.41. The summed E-state index contributed by atoms with van der Waals surface area (Å²) < 4.78 is 5.82. The zero-order valence-electron chi connectivity index (χ0n) is 12.7. The molecule has 1 heterocycles. The van der Waals surface area contributed by atoms with E-state index < -0.39 is 9.85 Å². The molecule has 25 heavy (non-hydrogen) atoms. The first-order chi connectivity index (χ1) is 12.0. The molecule has 0 spiro atoms. The van der Waals surface area contributed by atoms with Gasteiger partial charge in [0.1, 0.15) is 11.5 Å². The molecule has 0 saturated heterocycles. The zero-order chi connectivity index (χ0) is 17.6. The highest BCUT2D eigenvalue weighted by molar-refractivity contribution is 5.91. The van der Waals surface area contributed by atoms with Crippen LogP contribution in [-0.2, 0) is 0 Å². The van der Waals surface area contributed by atoms with Crippen molar-refractivity contribution in [2.75, 3.05) is 0 Å². The standard InChI is InChI=1S/C18H10N2O5/c21-19(22)14-9-16(20(23)24)15-6-5-13-7-11-3-1-2-4-12(11)8-17(13)25-18(15)10-14/h1-10H. The molecule has 1 aliphatic rings. The average Bonchev–Trinajstić information content (AvgIpc) is 2.77. The highest BCUT2D eigenvalue weighted by atomic mass is 16.6. The van der Waals surface area contributed by atoms with Crippen LogP contribution in [0, 0.1) is 20.2 Å². The molecule has 0 bridgehead atoms. The summed E-state index contributed by atoms with van der Waals surface area (Å²) in [4.78, 5) is 21.1. The summed E-state index contributed by atoms with van der Waals surface area (Å²) in [6.07, 6.45) is 3.27. The summed E-state index contributed by atoms with van der Waals surface area (Å²) in [5.41, 5.74) is 0.198. The Morgan fingerprint density at radius 2 is 1.52 bits per heavy atom. The van der Waals surface area contributed by atoms with E-state index in [1.54, 1.807) is 12.2 Å². The minimum Gasteiger partial charge on any atom is -0.456 e. The minimum atomic E-state index is -0.674. The van der Waals surface area contributed by atoms with Gasteiger partial charge in [0.05, 0.1) is 27.5 Å². The fourth-order valence-electron chi connectivity index (χ4n) is 2.85. The van der Waals surface area contributed by atoms with Crippen LogP contribution in [0.3, 0.4) is 0 Å². The lowest BCUT2D eigenvalue weighted by Crippen LogP contribution is -1.98. The molecule has 0 aromatic heterocycles.